The Hall–Kier alpha value is -1.78. The van der Waals surface area contributed by atoms with Gasteiger partial charge < -0.3 is 15.4 Å². The average Bonchev–Trinajstić information content (AvgIpc) is 2.38. The summed E-state index contributed by atoms with van der Waals surface area (Å²) in [6.45, 7) is 7.65. The zero-order chi connectivity index (χ0) is 15.0. The van der Waals surface area contributed by atoms with Crippen LogP contribution in [0.1, 0.15) is 20.8 Å². The van der Waals surface area contributed by atoms with Gasteiger partial charge in [0.2, 0.25) is 0 Å². The van der Waals surface area contributed by atoms with Gasteiger partial charge in [0.25, 0.3) is 0 Å². The van der Waals surface area contributed by atoms with Gasteiger partial charge >= 0.3 is 0 Å². The van der Waals surface area contributed by atoms with Crippen molar-refractivity contribution < 1.29 is 9.13 Å². The Bertz CT molecular complexity index is 435. The molecule has 0 aliphatic rings. The number of ether oxygens (including phenoxy) is 1. The first-order valence-electron chi connectivity index (χ1n) is 6.88. The molecule has 1 aromatic rings. The number of aliphatic imine (C=N–C) groups is 1. The smallest absolute Gasteiger partial charge is 0.191 e. The van der Waals surface area contributed by atoms with Gasteiger partial charge in [0.15, 0.2) is 5.96 Å². The fourth-order valence-corrected chi connectivity index (χ4v) is 1.58. The van der Waals surface area contributed by atoms with Crippen LogP contribution in [-0.4, -0.2) is 32.2 Å². The van der Waals surface area contributed by atoms with Crippen molar-refractivity contribution in [1.29, 1.82) is 0 Å². The van der Waals surface area contributed by atoms with Crippen LogP contribution in [-0.2, 0) is 0 Å². The molecule has 0 heterocycles. The molecule has 0 radical (unpaired) electrons. The summed E-state index contributed by atoms with van der Waals surface area (Å²) in [7, 11) is 1.73. The molecule has 0 saturated carbocycles. The lowest BCUT2D eigenvalue weighted by molar-refractivity contribution is 0.223. The third-order valence-electron chi connectivity index (χ3n) is 2.59. The molecule has 1 unspecified atom stereocenters. The standard InChI is InChI=1S/C15H24FN3O/c1-11(2)9-18-15(17-4)19-10-12(3)20-14-7-5-6-13(16)8-14/h5-8,11-12H,9-10H2,1-4H3,(H2,17,18,19). The van der Waals surface area contributed by atoms with Gasteiger partial charge in [0.05, 0.1) is 6.54 Å². The van der Waals surface area contributed by atoms with E-state index in [0.717, 1.165) is 12.5 Å². The van der Waals surface area contributed by atoms with E-state index in [2.05, 4.69) is 29.5 Å². The molecule has 0 aliphatic heterocycles. The number of nitrogens with zero attached hydrogens (tertiary/aromatic N) is 1. The number of nitrogens with one attached hydrogen (secondary N) is 2. The van der Waals surface area contributed by atoms with Gasteiger partial charge in [-0.25, -0.2) is 4.39 Å². The van der Waals surface area contributed by atoms with Crippen LogP contribution >= 0.6 is 0 Å². The highest BCUT2D eigenvalue weighted by molar-refractivity contribution is 5.79. The zero-order valence-electron chi connectivity index (χ0n) is 12.6. The van der Waals surface area contributed by atoms with Crippen molar-refractivity contribution in [2.24, 2.45) is 10.9 Å². The Morgan fingerprint density at radius 1 is 1.25 bits per heavy atom. The van der Waals surface area contributed by atoms with E-state index in [0.29, 0.717) is 18.2 Å². The largest absolute Gasteiger partial charge is 0.489 e. The molecule has 0 saturated heterocycles. The van der Waals surface area contributed by atoms with Crippen LogP contribution in [0.25, 0.3) is 0 Å². The van der Waals surface area contributed by atoms with E-state index in [1.807, 2.05) is 6.92 Å². The molecular formula is C15H24FN3O. The summed E-state index contributed by atoms with van der Waals surface area (Å²) >= 11 is 0. The quantitative estimate of drug-likeness (QED) is 0.622. The number of hydrogen-bond acceptors (Lipinski definition) is 2. The molecule has 1 atom stereocenters. The lowest BCUT2D eigenvalue weighted by Crippen LogP contribution is -2.42. The van der Waals surface area contributed by atoms with Crippen LogP contribution in [0.4, 0.5) is 4.39 Å². The van der Waals surface area contributed by atoms with Gasteiger partial charge in [-0.05, 0) is 25.0 Å². The normalized spacial score (nSPS) is 13.2. The first-order valence-corrected chi connectivity index (χ1v) is 6.88. The van der Waals surface area contributed by atoms with E-state index in [4.69, 9.17) is 4.74 Å². The molecule has 0 spiro atoms. The summed E-state index contributed by atoms with van der Waals surface area (Å²) in [5.41, 5.74) is 0. The number of benzene rings is 1. The van der Waals surface area contributed by atoms with Crippen LogP contribution in [0.2, 0.25) is 0 Å². The summed E-state index contributed by atoms with van der Waals surface area (Å²) < 4.78 is 18.7. The summed E-state index contributed by atoms with van der Waals surface area (Å²) in [6, 6.07) is 6.15. The van der Waals surface area contributed by atoms with E-state index in [1.54, 1.807) is 19.2 Å². The minimum Gasteiger partial charge on any atom is -0.489 e. The fraction of sp³-hybridized carbons (Fsp3) is 0.533. The predicted molar refractivity (Wildman–Crippen MR) is 80.7 cm³/mol. The minimum atomic E-state index is -0.294. The van der Waals surface area contributed by atoms with Gasteiger partial charge in [0, 0.05) is 19.7 Å². The summed E-state index contributed by atoms with van der Waals surface area (Å²) in [6.07, 6.45) is -0.0885. The number of rotatable bonds is 6. The van der Waals surface area contributed by atoms with Crippen molar-refractivity contribution in [1.82, 2.24) is 10.6 Å². The third kappa shape index (κ3) is 6.41. The van der Waals surface area contributed by atoms with Crippen LogP contribution in [0.15, 0.2) is 29.3 Å². The highest BCUT2D eigenvalue weighted by atomic mass is 19.1. The molecule has 0 amide bonds. The molecule has 2 N–H and O–H groups in total. The van der Waals surface area contributed by atoms with Gasteiger partial charge in [-0.3, -0.25) is 4.99 Å². The van der Waals surface area contributed by atoms with Gasteiger partial charge in [-0.1, -0.05) is 19.9 Å². The molecule has 1 aromatic carbocycles. The van der Waals surface area contributed by atoms with E-state index >= 15 is 0 Å². The van der Waals surface area contributed by atoms with Gasteiger partial charge in [0.1, 0.15) is 17.7 Å². The van der Waals surface area contributed by atoms with Crippen molar-refractivity contribution in [2.75, 3.05) is 20.1 Å². The molecule has 0 aromatic heterocycles. The molecule has 5 heteroatoms. The van der Waals surface area contributed by atoms with Crippen molar-refractivity contribution in [3.63, 3.8) is 0 Å². The Labute approximate surface area is 120 Å². The van der Waals surface area contributed by atoms with Gasteiger partial charge in [-0.2, -0.15) is 0 Å². The molecule has 1 rings (SSSR count). The lowest BCUT2D eigenvalue weighted by Gasteiger charge is -2.18. The van der Waals surface area contributed by atoms with Crippen molar-refractivity contribution in [3.8, 4) is 5.75 Å². The molecule has 0 bridgehead atoms. The maximum absolute atomic E-state index is 13.0. The second-order valence-corrected chi connectivity index (χ2v) is 5.11. The maximum Gasteiger partial charge on any atom is 0.191 e. The first-order chi connectivity index (χ1) is 9.51. The fourth-order valence-electron chi connectivity index (χ4n) is 1.58. The first kappa shape index (κ1) is 16.3. The minimum absolute atomic E-state index is 0.0885. The lowest BCUT2D eigenvalue weighted by atomic mass is 10.2. The Kier molecular flexibility index (Phi) is 6.84. The molecule has 0 fully saturated rings. The highest BCUT2D eigenvalue weighted by Gasteiger charge is 2.06. The molecular weight excluding hydrogens is 257 g/mol. The number of halogens is 1. The van der Waals surface area contributed by atoms with E-state index < -0.39 is 0 Å². The second kappa shape index (κ2) is 8.40. The number of hydrogen-bond donors (Lipinski definition) is 2. The Balaban J connectivity index is 2.36. The zero-order valence-corrected chi connectivity index (χ0v) is 12.6. The van der Waals surface area contributed by atoms with Crippen LogP contribution in [0.5, 0.6) is 5.75 Å². The SMILES string of the molecule is CN=C(NCC(C)C)NCC(C)Oc1cccc(F)c1. The number of guanidine groups is 1. The van der Waals surface area contributed by atoms with Crippen LogP contribution in [0, 0.1) is 11.7 Å². The second-order valence-electron chi connectivity index (χ2n) is 5.11. The average molecular weight is 281 g/mol. The molecule has 0 aliphatic carbocycles. The van der Waals surface area contributed by atoms with E-state index in [9.17, 15) is 4.39 Å². The molecule has 20 heavy (non-hydrogen) atoms. The third-order valence-corrected chi connectivity index (χ3v) is 2.59. The van der Waals surface area contributed by atoms with Crippen molar-refractivity contribution in [2.45, 2.75) is 26.9 Å². The maximum atomic E-state index is 13.0. The van der Waals surface area contributed by atoms with Crippen LogP contribution in [0.3, 0.4) is 0 Å². The van der Waals surface area contributed by atoms with E-state index in [1.165, 1.54) is 12.1 Å². The monoisotopic (exact) mass is 281 g/mol. The topological polar surface area (TPSA) is 45.7 Å². The summed E-state index contributed by atoms with van der Waals surface area (Å²) in [5, 5.41) is 6.40. The summed E-state index contributed by atoms with van der Waals surface area (Å²) in [4.78, 5) is 4.13. The molecule has 4 nitrogen and oxygen atoms in total. The van der Waals surface area contributed by atoms with Crippen molar-refractivity contribution in [3.05, 3.63) is 30.1 Å². The Morgan fingerprint density at radius 2 is 1.95 bits per heavy atom. The van der Waals surface area contributed by atoms with Crippen molar-refractivity contribution >= 4 is 5.96 Å². The van der Waals surface area contributed by atoms with Gasteiger partial charge in [-0.15, -0.1) is 0 Å². The predicted octanol–water partition coefficient (Wildman–Crippen LogP) is 2.41. The van der Waals surface area contributed by atoms with Crippen LogP contribution < -0.4 is 15.4 Å². The Morgan fingerprint density at radius 3 is 2.55 bits per heavy atom. The van der Waals surface area contributed by atoms with E-state index in [-0.39, 0.29) is 11.9 Å². The summed E-state index contributed by atoms with van der Waals surface area (Å²) in [5.74, 6) is 1.53. The highest BCUT2D eigenvalue weighted by Crippen LogP contribution is 2.13. The molecule has 112 valence electrons.